The Kier molecular flexibility index (Phi) is 17.3. The lowest BCUT2D eigenvalue weighted by Crippen LogP contribution is -3.00. The average Bonchev–Trinajstić information content (AvgIpc) is 2.39. The highest BCUT2D eigenvalue weighted by atomic mass is 35.5. The molecule has 0 saturated carbocycles. The maximum absolute atomic E-state index is 9.23. The Hall–Kier alpha value is 0.170. The number of unbranched alkanes of at least 4 members (excludes halogenated alkanes) is 7. The second-order valence-corrected chi connectivity index (χ2v) is 7.74. The molecule has 0 aromatic heterocycles. The van der Waals surface area contributed by atoms with E-state index in [0.29, 0.717) is 6.54 Å². The summed E-state index contributed by atoms with van der Waals surface area (Å²) < 4.78 is 0.795. The first-order valence-electron chi connectivity index (χ1n) is 9.59. The van der Waals surface area contributed by atoms with Gasteiger partial charge in [-0.25, -0.2) is 0 Å². The standard InChI is InChI=1S/C19H42NO2.ClH/c1-5-15-20(4,17-19(21)22)16-13-11-9-7-6-8-10-12-14-18(2)3;/h18-19,21-22H,5-17H2,1-4H3;1H/q+1;/p-1. The quantitative estimate of drug-likeness (QED) is 0.265. The molecule has 0 spiro atoms. The van der Waals surface area contributed by atoms with E-state index >= 15 is 0 Å². The van der Waals surface area contributed by atoms with Crippen LogP contribution in [-0.4, -0.2) is 47.7 Å². The predicted molar refractivity (Wildman–Crippen MR) is 95.7 cm³/mol. The number of likely N-dealkylation sites (N-methyl/N-ethyl adjacent to an activating group) is 1. The maximum Gasteiger partial charge on any atom is 0.202 e. The molecule has 1 unspecified atom stereocenters. The van der Waals surface area contributed by atoms with Crippen molar-refractivity contribution in [1.82, 2.24) is 0 Å². The second-order valence-electron chi connectivity index (χ2n) is 7.74. The fraction of sp³-hybridized carbons (Fsp3) is 1.00. The molecule has 0 radical (unpaired) electrons. The van der Waals surface area contributed by atoms with Crippen molar-refractivity contribution in [1.29, 1.82) is 0 Å². The molecule has 1 atom stereocenters. The molecule has 0 saturated heterocycles. The van der Waals surface area contributed by atoms with Gasteiger partial charge in [-0.15, -0.1) is 0 Å². The van der Waals surface area contributed by atoms with Crippen molar-refractivity contribution < 1.29 is 27.1 Å². The lowest BCUT2D eigenvalue weighted by atomic mass is 10.0. The Morgan fingerprint density at radius 2 is 1.26 bits per heavy atom. The molecule has 0 aromatic carbocycles. The minimum Gasteiger partial charge on any atom is -1.00 e. The zero-order valence-corrected chi connectivity index (χ0v) is 16.8. The Morgan fingerprint density at radius 3 is 1.70 bits per heavy atom. The highest BCUT2D eigenvalue weighted by Gasteiger charge is 2.22. The van der Waals surface area contributed by atoms with Gasteiger partial charge in [0.2, 0.25) is 6.29 Å². The molecule has 142 valence electrons. The molecule has 0 fully saturated rings. The lowest BCUT2D eigenvalue weighted by molar-refractivity contribution is -0.915. The Bertz CT molecular complexity index is 250. The summed E-state index contributed by atoms with van der Waals surface area (Å²) in [7, 11) is 2.15. The van der Waals surface area contributed by atoms with Crippen molar-refractivity contribution >= 4 is 0 Å². The second kappa shape index (κ2) is 15.7. The molecule has 0 rings (SSSR count). The van der Waals surface area contributed by atoms with E-state index in [1.54, 1.807) is 0 Å². The van der Waals surface area contributed by atoms with Gasteiger partial charge in [0.25, 0.3) is 0 Å². The number of rotatable bonds is 15. The first kappa shape index (κ1) is 25.4. The van der Waals surface area contributed by atoms with Crippen molar-refractivity contribution in [3.05, 3.63) is 0 Å². The Balaban J connectivity index is 0. The molecule has 0 bridgehead atoms. The van der Waals surface area contributed by atoms with Gasteiger partial charge in [0.1, 0.15) is 6.54 Å². The highest BCUT2D eigenvalue weighted by molar-refractivity contribution is 4.50. The van der Waals surface area contributed by atoms with Gasteiger partial charge in [0.05, 0.1) is 20.1 Å². The SMILES string of the molecule is CCC[N+](C)(CCCCCCCCCCC(C)C)CC(O)O.[Cl-]. The third-order valence-electron chi connectivity index (χ3n) is 4.60. The number of hydrogen-bond donors (Lipinski definition) is 2. The monoisotopic (exact) mass is 351 g/mol. The van der Waals surface area contributed by atoms with Crippen molar-refractivity contribution in [2.75, 3.05) is 26.7 Å². The lowest BCUT2D eigenvalue weighted by Gasteiger charge is -2.35. The van der Waals surface area contributed by atoms with Gasteiger partial charge < -0.3 is 27.1 Å². The third-order valence-corrected chi connectivity index (χ3v) is 4.60. The topological polar surface area (TPSA) is 40.5 Å². The van der Waals surface area contributed by atoms with Gasteiger partial charge in [-0.3, -0.25) is 0 Å². The van der Waals surface area contributed by atoms with Crippen LogP contribution in [0.1, 0.15) is 85.0 Å². The molecule has 2 N–H and O–H groups in total. The van der Waals surface area contributed by atoms with Crippen LogP contribution >= 0.6 is 0 Å². The number of aliphatic hydroxyl groups is 2. The van der Waals surface area contributed by atoms with Crippen LogP contribution in [-0.2, 0) is 0 Å². The number of halogens is 1. The van der Waals surface area contributed by atoms with Crippen LogP contribution in [0.2, 0.25) is 0 Å². The van der Waals surface area contributed by atoms with Gasteiger partial charge in [-0.1, -0.05) is 65.7 Å². The predicted octanol–water partition coefficient (Wildman–Crippen LogP) is 1.32. The summed E-state index contributed by atoms with van der Waals surface area (Å²) in [5.41, 5.74) is 0. The summed E-state index contributed by atoms with van der Waals surface area (Å²) in [5, 5.41) is 18.5. The summed E-state index contributed by atoms with van der Waals surface area (Å²) in [5.74, 6) is 0.855. The van der Waals surface area contributed by atoms with E-state index in [2.05, 4.69) is 27.8 Å². The largest absolute Gasteiger partial charge is 1.00 e. The average molecular weight is 352 g/mol. The zero-order valence-electron chi connectivity index (χ0n) is 16.1. The maximum atomic E-state index is 9.23. The van der Waals surface area contributed by atoms with Gasteiger partial charge >= 0.3 is 0 Å². The molecule has 0 aliphatic heterocycles. The molecule has 0 aromatic rings. The van der Waals surface area contributed by atoms with Crippen molar-refractivity contribution in [3.63, 3.8) is 0 Å². The molecular formula is C19H42ClNO2. The van der Waals surface area contributed by atoms with Crippen LogP contribution in [0.5, 0.6) is 0 Å². The van der Waals surface area contributed by atoms with Gasteiger partial charge in [0, 0.05) is 0 Å². The summed E-state index contributed by atoms with van der Waals surface area (Å²) in [4.78, 5) is 0. The van der Waals surface area contributed by atoms with Crippen molar-refractivity contribution in [3.8, 4) is 0 Å². The smallest absolute Gasteiger partial charge is 0.202 e. The molecule has 0 amide bonds. The highest BCUT2D eigenvalue weighted by Crippen LogP contribution is 2.14. The van der Waals surface area contributed by atoms with E-state index in [-0.39, 0.29) is 12.4 Å². The molecule has 0 aliphatic carbocycles. The fourth-order valence-electron chi connectivity index (χ4n) is 3.34. The third kappa shape index (κ3) is 16.8. The summed E-state index contributed by atoms with van der Waals surface area (Å²) in [6, 6.07) is 0. The summed E-state index contributed by atoms with van der Waals surface area (Å²) in [6.07, 6.45) is 12.1. The minimum absolute atomic E-state index is 0. The number of quaternary nitrogens is 1. The van der Waals surface area contributed by atoms with E-state index in [1.807, 2.05) is 0 Å². The first-order chi connectivity index (χ1) is 10.4. The van der Waals surface area contributed by atoms with E-state index in [0.717, 1.165) is 29.9 Å². The van der Waals surface area contributed by atoms with Crippen LogP contribution < -0.4 is 12.4 Å². The number of nitrogens with zero attached hydrogens (tertiary/aromatic N) is 1. The number of aliphatic hydroxyl groups excluding tert-OH is 1. The van der Waals surface area contributed by atoms with Crippen LogP contribution in [0.4, 0.5) is 0 Å². The zero-order chi connectivity index (χ0) is 16.8. The fourth-order valence-corrected chi connectivity index (χ4v) is 3.34. The van der Waals surface area contributed by atoms with Crippen molar-refractivity contribution in [2.24, 2.45) is 5.92 Å². The molecule has 0 heterocycles. The van der Waals surface area contributed by atoms with Crippen LogP contribution in [0.25, 0.3) is 0 Å². The summed E-state index contributed by atoms with van der Waals surface area (Å²) in [6.45, 7) is 9.34. The van der Waals surface area contributed by atoms with E-state index in [1.165, 1.54) is 57.8 Å². The van der Waals surface area contributed by atoms with E-state index in [4.69, 9.17) is 0 Å². The first-order valence-corrected chi connectivity index (χ1v) is 9.59. The van der Waals surface area contributed by atoms with Gasteiger partial charge in [-0.05, 0) is 25.2 Å². The molecule has 23 heavy (non-hydrogen) atoms. The normalized spacial score (nSPS) is 14.1. The van der Waals surface area contributed by atoms with E-state index < -0.39 is 6.29 Å². The van der Waals surface area contributed by atoms with Crippen molar-refractivity contribution in [2.45, 2.75) is 91.3 Å². The van der Waals surface area contributed by atoms with Crippen LogP contribution in [0.3, 0.4) is 0 Å². The Morgan fingerprint density at radius 1 is 0.783 bits per heavy atom. The number of hydrogen-bond acceptors (Lipinski definition) is 2. The molecule has 0 aliphatic rings. The molecule has 3 nitrogen and oxygen atoms in total. The summed E-state index contributed by atoms with van der Waals surface area (Å²) >= 11 is 0. The van der Waals surface area contributed by atoms with Crippen LogP contribution in [0.15, 0.2) is 0 Å². The molecular weight excluding hydrogens is 310 g/mol. The van der Waals surface area contributed by atoms with Crippen LogP contribution in [0, 0.1) is 5.92 Å². The Labute approximate surface area is 151 Å². The minimum atomic E-state index is -1.18. The van der Waals surface area contributed by atoms with Gasteiger partial charge in [-0.2, -0.15) is 0 Å². The van der Waals surface area contributed by atoms with Gasteiger partial charge in [0.15, 0.2) is 0 Å². The van der Waals surface area contributed by atoms with E-state index in [9.17, 15) is 10.2 Å². The molecule has 4 heteroatoms.